The van der Waals surface area contributed by atoms with Gasteiger partial charge in [0.2, 0.25) is 11.9 Å². The second-order valence-electron chi connectivity index (χ2n) is 5.12. The van der Waals surface area contributed by atoms with E-state index in [1.165, 1.54) is 19.3 Å². The van der Waals surface area contributed by atoms with Crippen molar-refractivity contribution in [3.05, 3.63) is 29.8 Å². The van der Waals surface area contributed by atoms with Gasteiger partial charge < -0.3 is 24.3 Å². The van der Waals surface area contributed by atoms with Crippen molar-refractivity contribution >= 4 is 23.9 Å². The number of carbonyl (C=O) groups excluding carboxylic acids is 3. The summed E-state index contributed by atoms with van der Waals surface area (Å²) >= 11 is 0. The maximum Gasteiger partial charge on any atom is 0.340 e. The molecule has 0 unspecified atom stereocenters. The first-order valence-corrected chi connectivity index (χ1v) is 8.59. The SMILES string of the molecule is CCOC(=O)C(NC(=O)C=Cc1ccc(OCC)c(OC)c1)C(=O)OCC. The van der Waals surface area contributed by atoms with E-state index in [0.717, 1.165) is 0 Å². The molecule has 1 aromatic rings. The van der Waals surface area contributed by atoms with Gasteiger partial charge >= 0.3 is 11.9 Å². The van der Waals surface area contributed by atoms with Crippen LogP contribution in [0.2, 0.25) is 0 Å². The third kappa shape index (κ3) is 7.01. The first-order chi connectivity index (χ1) is 13.0. The van der Waals surface area contributed by atoms with E-state index in [1.807, 2.05) is 6.92 Å². The van der Waals surface area contributed by atoms with Crippen molar-refractivity contribution in [1.29, 1.82) is 0 Å². The molecular weight excluding hydrogens is 354 g/mol. The Labute approximate surface area is 158 Å². The van der Waals surface area contributed by atoms with E-state index in [9.17, 15) is 14.4 Å². The van der Waals surface area contributed by atoms with Crippen LogP contribution in [-0.2, 0) is 23.9 Å². The molecule has 0 fully saturated rings. The van der Waals surface area contributed by atoms with Crippen LogP contribution in [-0.4, -0.2) is 50.8 Å². The average Bonchev–Trinajstić information content (AvgIpc) is 2.65. The van der Waals surface area contributed by atoms with Crippen molar-refractivity contribution in [2.75, 3.05) is 26.9 Å². The summed E-state index contributed by atoms with van der Waals surface area (Å²) in [5.41, 5.74) is 0.675. The number of esters is 2. The fourth-order valence-corrected chi connectivity index (χ4v) is 2.09. The molecule has 0 saturated heterocycles. The van der Waals surface area contributed by atoms with E-state index in [2.05, 4.69) is 5.32 Å². The predicted octanol–water partition coefficient (Wildman–Crippen LogP) is 1.72. The molecule has 1 aromatic carbocycles. The van der Waals surface area contributed by atoms with Crippen molar-refractivity contribution in [2.45, 2.75) is 26.8 Å². The van der Waals surface area contributed by atoms with Crippen LogP contribution < -0.4 is 14.8 Å². The van der Waals surface area contributed by atoms with E-state index in [0.29, 0.717) is 23.7 Å². The van der Waals surface area contributed by atoms with Gasteiger partial charge in [-0.25, -0.2) is 9.59 Å². The maximum atomic E-state index is 12.1. The molecule has 0 saturated carbocycles. The Morgan fingerprint density at radius 3 is 2.15 bits per heavy atom. The summed E-state index contributed by atoms with van der Waals surface area (Å²) in [7, 11) is 1.52. The number of rotatable bonds is 10. The molecule has 0 aliphatic carbocycles. The van der Waals surface area contributed by atoms with Crippen LogP contribution in [0.15, 0.2) is 24.3 Å². The average molecular weight is 379 g/mol. The Morgan fingerprint density at radius 1 is 1.00 bits per heavy atom. The maximum absolute atomic E-state index is 12.1. The lowest BCUT2D eigenvalue weighted by Crippen LogP contribution is -2.47. The highest BCUT2D eigenvalue weighted by atomic mass is 16.6. The lowest BCUT2D eigenvalue weighted by molar-refractivity contribution is -0.159. The van der Waals surface area contributed by atoms with Crippen LogP contribution in [0.4, 0.5) is 0 Å². The number of hydrogen-bond donors (Lipinski definition) is 1. The lowest BCUT2D eigenvalue weighted by Gasteiger charge is -2.14. The highest BCUT2D eigenvalue weighted by molar-refractivity contribution is 6.04. The molecule has 0 atom stereocenters. The van der Waals surface area contributed by atoms with Crippen molar-refractivity contribution in [1.82, 2.24) is 5.32 Å². The number of benzene rings is 1. The van der Waals surface area contributed by atoms with E-state index in [-0.39, 0.29) is 13.2 Å². The molecule has 0 bridgehead atoms. The molecule has 0 spiro atoms. The molecule has 0 radical (unpaired) electrons. The van der Waals surface area contributed by atoms with E-state index in [1.54, 1.807) is 32.0 Å². The minimum absolute atomic E-state index is 0.0758. The quantitative estimate of drug-likeness (QED) is 0.375. The normalized spacial score (nSPS) is 10.6. The summed E-state index contributed by atoms with van der Waals surface area (Å²) in [4.78, 5) is 35.8. The van der Waals surface area contributed by atoms with Crippen molar-refractivity contribution < 1.29 is 33.3 Å². The fourth-order valence-electron chi connectivity index (χ4n) is 2.09. The van der Waals surface area contributed by atoms with Crippen molar-refractivity contribution in [3.63, 3.8) is 0 Å². The number of carbonyl (C=O) groups is 3. The van der Waals surface area contributed by atoms with Crippen molar-refractivity contribution in [2.24, 2.45) is 0 Å². The van der Waals surface area contributed by atoms with Crippen LogP contribution >= 0.6 is 0 Å². The highest BCUT2D eigenvalue weighted by Gasteiger charge is 2.30. The zero-order valence-electron chi connectivity index (χ0n) is 15.9. The number of nitrogens with one attached hydrogen (secondary N) is 1. The summed E-state index contributed by atoms with van der Waals surface area (Å²) in [6.45, 7) is 5.71. The van der Waals surface area contributed by atoms with E-state index in [4.69, 9.17) is 18.9 Å². The van der Waals surface area contributed by atoms with Gasteiger partial charge in [-0.15, -0.1) is 0 Å². The number of amides is 1. The van der Waals surface area contributed by atoms with Gasteiger partial charge in [-0.2, -0.15) is 0 Å². The first kappa shape index (κ1) is 22.0. The number of methoxy groups -OCH3 is 1. The van der Waals surface area contributed by atoms with Crippen LogP contribution in [0.25, 0.3) is 6.08 Å². The highest BCUT2D eigenvalue weighted by Crippen LogP contribution is 2.28. The second kappa shape index (κ2) is 11.6. The van der Waals surface area contributed by atoms with E-state index < -0.39 is 23.9 Å². The molecule has 1 N–H and O–H groups in total. The largest absolute Gasteiger partial charge is 0.493 e. The van der Waals surface area contributed by atoms with Crippen LogP contribution in [0, 0.1) is 0 Å². The topological polar surface area (TPSA) is 100 Å². The fraction of sp³-hybridized carbons (Fsp3) is 0.421. The standard InChI is InChI=1S/C19H25NO7/c1-5-25-14-10-8-13(12-15(14)24-4)9-11-16(21)20-17(18(22)26-6-2)19(23)27-7-3/h8-12,17H,5-7H2,1-4H3,(H,20,21). The predicted molar refractivity (Wildman–Crippen MR) is 98.4 cm³/mol. The summed E-state index contributed by atoms with van der Waals surface area (Å²) < 4.78 is 20.3. The van der Waals surface area contributed by atoms with Gasteiger partial charge in [0, 0.05) is 6.08 Å². The zero-order valence-corrected chi connectivity index (χ0v) is 15.9. The molecule has 8 nitrogen and oxygen atoms in total. The Morgan fingerprint density at radius 2 is 1.63 bits per heavy atom. The molecule has 0 heterocycles. The monoisotopic (exact) mass is 379 g/mol. The molecule has 148 valence electrons. The summed E-state index contributed by atoms with van der Waals surface area (Å²) in [5, 5.41) is 2.29. The Balaban J connectivity index is 2.85. The molecule has 8 heteroatoms. The molecule has 27 heavy (non-hydrogen) atoms. The summed E-state index contributed by atoms with van der Waals surface area (Å²) in [6, 6.07) is 3.64. The molecule has 0 aromatic heterocycles. The Hall–Kier alpha value is -3.03. The second-order valence-corrected chi connectivity index (χ2v) is 5.12. The zero-order chi connectivity index (χ0) is 20.2. The summed E-state index contributed by atoms with van der Waals surface area (Å²) in [5.74, 6) is -1.28. The van der Waals surface area contributed by atoms with E-state index >= 15 is 0 Å². The Kier molecular flexibility index (Phi) is 9.42. The van der Waals surface area contributed by atoms with Crippen LogP contribution in [0.3, 0.4) is 0 Å². The molecule has 1 rings (SSSR count). The molecule has 0 aliphatic rings. The molecule has 1 amide bonds. The molecule has 0 aliphatic heterocycles. The third-order valence-corrected chi connectivity index (χ3v) is 3.25. The molecular formula is C19H25NO7. The summed E-state index contributed by atoms with van der Waals surface area (Å²) in [6.07, 6.45) is 2.71. The van der Waals surface area contributed by atoms with Gasteiger partial charge in [-0.1, -0.05) is 6.07 Å². The van der Waals surface area contributed by atoms with Gasteiger partial charge in [0.25, 0.3) is 0 Å². The van der Waals surface area contributed by atoms with Gasteiger partial charge in [-0.3, -0.25) is 4.79 Å². The number of hydrogen-bond acceptors (Lipinski definition) is 7. The minimum Gasteiger partial charge on any atom is -0.493 e. The van der Waals surface area contributed by atoms with Crippen LogP contribution in [0.5, 0.6) is 11.5 Å². The van der Waals surface area contributed by atoms with Gasteiger partial charge in [0.05, 0.1) is 26.9 Å². The third-order valence-electron chi connectivity index (χ3n) is 3.25. The lowest BCUT2D eigenvalue weighted by atomic mass is 10.2. The van der Waals surface area contributed by atoms with Crippen molar-refractivity contribution in [3.8, 4) is 11.5 Å². The Bertz CT molecular complexity index is 667. The van der Waals surface area contributed by atoms with Crippen LogP contribution in [0.1, 0.15) is 26.3 Å². The van der Waals surface area contributed by atoms with Gasteiger partial charge in [0.1, 0.15) is 0 Å². The smallest absolute Gasteiger partial charge is 0.340 e. The first-order valence-electron chi connectivity index (χ1n) is 8.59. The van der Waals surface area contributed by atoms with Gasteiger partial charge in [0.15, 0.2) is 11.5 Å². The van der Waals surface area contributed by atoms with Gasteiger partial charge in [-0.05, 0) is 44.5 Å². The number of ether oxygens (including phenoxy) is 4. The minimum atomic E-state index is -1.52.